The first-order valence-corrected chi connectivity index (χ1v) is 11.0. The molecule has 1 unspecified atom stereocenters. The number of rotatable bonds is 4. The molecule has 0 radical (unpaired) electrons. The number of anilines is 1. The Hall–Kier alpha value is -4.36. The topological polar surface area (TPSA) is 129 Å². The Morgan fingerprint density at radius 2 is 1.89 bits per heavy atom. The van der Waals surface area contributed by atoms with Crippen LogP contribution in [-0.4, -0.2) is 81.1 Å². The van der Waals surface area contributed by atoms with Crippen molar-refractivity contribution in [2.24, 2.45) is 0 Å². The number of halogens is 3. The highest BCUT2D eigenvalue weighted by atomic mass is 19.4. The maximum Gasteiger partial charge on any atom is 0.490 e. The molecule has 0 bridgehead atoms. The summed E-state index contributed by atoms with van der Waals surface area (Å²) in [7, 11) is 4.97. The molecule has 3 amide bonds. The molecule has 0 spiro atoms. The van der Waals surface area contributed by atoms with Crippen molar-refractivity contribution in [3.8, 4) is 5.88 Å². The number of aromatic nitrogens is 3. The quantitative estimate of drug-likeness (QED) is 0.537. The number of methoxy groups -OCH3 is 1. The highest BCUT2D eigenvalue weighted by Crippen LogP contribution is 2.33. The van der Waals surface area contributed by atoms with Crippen LogP contribution in [0.15, 0.2) is 42.7 Å². The first-order chi connectivity index (χ1) is 17.5. The lowest BCUT2D eigenvalue weighted by Gasteiger charge is -2.27. The molecule has 1 fully saturated rings. The van der Waals surface area contributed by atoms with Crippen molar-refractivity contribution >= 4 is 29.1 Å². The molecule has 37 heavy (non-hydrogen) atoms. The third kappa shape index (κ3) is 6.08. The molecule has 198 valence electrons. The number of hydrogen-bond acceptors (Lipinski definition) is 6. The van der Waals surface area contributed by atoms with Gasteiger partial charge in [0.05, 0.1) is 18.7 Å². The summed E-state index contributed by atoms with van der Waals surface area (Å²) in [5.41, 5.74) is 1.44. The smallest absolute Gasteiger partial charge is 0.480 e. The van der Waals surface area contributed by atoms with Crippen molar-refractivity contribution in [1.29, 1.82) is 0 Å². The second-order valence-corrected chi connectivity index (χ2v) is 8.12. The van der Waals surface area contributed by atoms with Crippen LogP contribution in [-0.2, 0) is 4.79 Å². The highest BCUT2D eigenvalue weighted by molar-refractivity contribution is 6.08. The SMILES string of the molecule is COc1ncccc1NC(=O)c1nc(C2CCCN2C(=O)N(C)C)n2ccccc12.O=C(O)C(F)(F)F. The Kier molecular flexibility index (Phi) is 8.20. The zero-order chi connectivity index (χ0) is 27.3. The minimum atomic E-state index is -5.08. The fourth-order valence-electron chi connectivity index (χ4n) is 3.81. The van der Waals surface area contributed by atoms with Gasteiger partial charge in [0, 0.05) is 33.0 Å². The lowest BCUT2D eigenvalue weighted by atomic mass is 10.2. The van der Waals surface area contributed by atoms with Gasteiger partial charge in [0.15, 0.2) is 5.69 Å². The number of amides is 3. The van der Waals surface area contributed by atoms with Gasteiger partial charge in [0.1, 0.15) is 11.5 Å². The molecular weight excluding hydrogens is 497 g/mol. The Morgan fingerprint density at radius 3 is 2.51 bits per heavy atom. The summed E-state index contributed by atoms with van der Waals surface area (Å²) in [5, 5.41) is 9.96. The molecule has 1 saturated heterocycles. The third-order valence-corrected chi connectivity index (χ3v) is 5.43. The van der Waals surface area contributed by atoms with Gasteiger partial charge >= 0.3 is 18.2 Å². The number of aliphatic carboxylic acids is 1. The lowest BCUT2D eigenvalue weighted by Crippen LogP contribution is -2.39. The van der Waals surface area contributed by atoms with Crippen LogP contribution in [0.3, 0.4) is 0 Å². The molecular formula is C23H25F3N6O5. The van der Waals surface area contributed by atoms with Crippen molar-refractivity contribution in [2.75, 3.05) is 33.1 Å². The number of nitrogens with zero attached hydrogens (tertiary/aromatic N) is 5. The average molecular weight is 522 g/mol. The molecule has 1 aliphatic rings. The van der Waals surface area contributed by atoms with E-state index in [4.69, 9.17) is 19.6 Å². The van der Waals surface area contributed by atoms with Crippen molar-refractivity contribution in [2.45, 2.75) is 25.1 Å². The van der Waals surface area contributed by atoms with Crippen molar-refractivity contribution in [1.82, 2.24) is 24.2 Å². The van der Waals surface area contributed by atoms with Gasteiger partial charge in [-0.1, -0.05) is 6.07 Å². The van der Waals surface area contributed by atoms with E-state index in [1.165, 1.54) is 7.11 Å². The van der Waals surface area contributed by atoms with E-state index < -0.39 is 12.1 Å². The first-order valence-electron chi connectivity index (χ1n) is 11.0. The largest absolute Gasteiger partial charge is 0.490 e. The summed E-state index contributed by atoms with van der Waals surface area (Å²) in [5.74, 6) is -2.11. The summed E-state index contributed by atoms with van der Waals surface area (Å²) in [6.45, 7) is 0.665. The lowest BCUT2D eigenvalue weighted by molar-refractivity contribution is -0.192. The molecule has 3 aromatic rings. The van der Waals surface area contributed by atoms with Crippen molar-refractivity contribution in [3.63, 3.8) is 0 Å². The van der Waals surface area contributed by atoms with E-state index in [0.29, 0.717) is 35.1 Å². The number of imidazole rings is 1. The van der Waals surface area contributed by atoms with E-state index in [1.807, 2.05) is 33.7 Å². The number of ether oxygens (including phenoxy) is 1. The van der Waals surface area contributed by atoms with Gasteiger partial charge in [-0.2, -0.15) is 13.2 Å². The first kappa shape index (κ1) is 27.2. The number of hydrogen-bond donors (Lipinski definition) is 2. The van der Waals surface area contributed by atoms with Gasteiger partial charge in [0.2, 0.25) is 5.88 Å². The van der Waals surface area contributed by atoms with Crippen LogP contribution in [0.25, 0.3) is 5.52 Å². The minimum Gasteiger partial charge on any atom is -0.480 e. The zero-order valence-corrected chi connectivity index (χ0v) is 20.2. The second-order valence-electron chi connectivity index (χ2n) is 8.12. The number of carbonyl (C=O) groups excluding carboxylic acids is 2. The summed E-state index contributed by atoms with van der Waals surface area (Å²) in [4.78, 5) is 46.8. The molecule has 0 aliphatic carbocycles. The predicted molar refractivity (Wildman–Crippen MR) is 125 cm³/mol. The van der Waals surface area contributed by atoms with Crippen LogP contribution < -0.4 is 10.1 Å². The van der Waals surface area contributed by atoms with Crippen LogP contribution in [0.1, 0.15) is 35.2 Å². The predicted octanol–water partition coefficient (Wildman–Crippen LogP) is 3.44. The van der Waals surface area contributed by atoms with Gasteiger partial charge in [-0.05, 0) is 37.1 Å². The van der Waals surface area contributed by atoms with E-state index in [0.717, 1.165) is 12.8 Å². The van der Waals surface area contributed by atoms with Gasteiger partial charge in [-0.15, -0.1) is 0 Å². The number of pyridine rings is 2. The molecule has 0 aromatic carbocycles. The number of carboxylic acids is 1. The normalized spacial score (nSPS) is 15.1. The number of urea groups is 1. The van der Waals surface area contributed by atoms with E-state index >= 15 is 0 Å². The highest BCUT2D eigenvalue weighted by Gasteiger charge is 2.38. The van der Waals surface area contributed by atoms with E-state index in [-0.39, 0.29) is 18.0 Å². The Bertz CT molecular complexity index is 1290. The minimum absolute atomic E-state index is 0.0590. The number of carbonyl (C=O) groups is 3. The molecule has 4 rings (SSSR count). The third-order valence-electron chi connectivity index (χ3n) is 5.43. The average Bonchev–Trinajstić information content (AvgIpc) is 3.48. The van der Waals surface area contributed by atoms with Crippen LogP contribution in [0.2, 0.25) is 0 Å². The summed E-state index contributed by atoms with van der Waals surface area (Å²) in [6, 6.07) is 8.78. The van der Waals surface area contributed by atoms with Gasteiger partial charge in [0.25, 0.3) is 5.91 Å². The molecule has 2 N–H and O–H groups in total. The van der Waals surface area contributed by atoms with Gasteiger partial charge in [-0.25, -0.2) is 19.6 Å². The van der Waals surface area contributed by atoms with Crippen molar-refractivity contribution in [3.05, 3.63) is 54.2 Å². The van der Waals surface area contributed by atoms with E-state index in [1.54, 1.807) is 37.3 Å². The molecule has 11 nitrogen and oxygen atoms in total. The maximum atomic E-state index is 13.1. The van der Waals surface area contributed by atoms with Crippen LogP contribution in [0, 0.1) is 0 Å². The van der Waals surface area contributed by atoms with Crippen LogP contribution in [0.4, 0.5) is 23.7 Å². The zero-order valence-electron chi connectivity index (χ0n) is 20.2. The fraction of sp³-hybridized carbons (Fsp3) is 0.348. The Labute approximate surface area is 209 Å². The number of fused-ring (bicyclic) bond motifs is 1. The fourth-order valence-corrected chi connectivity index (χ4v) is 3.81. The Balaban J connectivity index is 0.000000479. The number of carboxylic acid groups (broad SMARTS) is 1. The van der Waals surface area contributed by atoms with Crippen LogP contribution >= 0.6 is 0 Å². The van der Waals surface area contributed by atoms with E-state index in [2.05, 4.69) is 10.3 Å². The number of nitrogens with one attached hydrogen (secondary N) is 1. The molecule has 1 atom stereocenters. The second kappa shape index (κ2) is 11.1. The molecule has 0 saturated carbocycles. The molecule has 3 aromatic heterocycles. The van der Waals surface area contributed by atoms with Crippen molar-refractivity contribution < 1.29 is 37.4 Å². The molecule has 14 heteroatoms. The monoisotopic (exact) mass is 522 g/mol. The van der Waals surface area contributed by atoms with Gasteiger partial charge in [-0.3, -0.25) is 4.79 Å². The van der Waals surface area contributed by atoms with Gasteiger partial charge < -0.3 is 29.4 Å². The van der Waals surface area contributed by atoms with E-state index in [9.17, 15) is 22.8 Å². The summed E-state index contributed by atoms with van der Waals surface area (Å²) < 4.78 is 38.8. The summed E-state index contributed by atoms with van der Waals surface area (Å²) >= 11 is 0. The van der Waals surface area contributed by atoms with Crippen LogP contribution in [0.5, 0.6) is 5.88 Å². The Morgan fingerprint density at radius 1 is 1.19 bits per heavy atom. The summed E-state index contributed by atoms with van der Waals surface area (Å²) in [6.07, 6.45) is 0.0657. The standard InChI is InChI=1S/C21H24N6O3.C2HF3O2/c1-25(2)21(29)27-13-7-10-16(27)18-24-17(15-9-4-5-12-26(15)18)19(28)23-14-8-6-11-22-20(14)30-3;3-2(4,5)1(6)7/h4-6,8-9,11-12,16H,7,10,13H2,1-3H3,(H,23,28);(H,6,7). The number of likely N-dealkylation sites (tertiary alicyclic amines) is 1. The molecule has 4 heterocycles. The molecule has 1 aliphatic heterocycles. The number of alkyl halides is 3. The maximum absolute atomic E-state index is 13.1.